The molecular weight excluding hydrogens is 634 g/mol. The van der Waals surface area contributed by atoms with Crippen molar-refractivity contribution in [2.45, 2.75) is 44.2 Å². The second-order valence-corrected chi connectivity index (χ2v) is 12.5. The zero-order chi connectivity index (χ0) is 27.7. The van der Waals surface area contributed by atoms with E-state index in [1.165, 1.54) is 17.0 Å². The number of sulfonamides is 1. The summed E-state index contributed by atoms with van der Waals surface area (Å²) in [5.74, 6) is -0.788. The van der Waals surface area contributed by atoms with E-state index >= 15 is 0 Å². The summed E-state index contributed by atoms with van der Waals surface area (Å²) in [7, 11) is -4.09. The van der Waals surface area contributed by atoms with Gasteiger partial charge in [0.15, 0.2) is 0 Å². The van der Waals surface area contributed by atoms with E-state index in [2.05, 4.69) is 37.2 Å². The van der Waals surface area contributed by atoms with Crippen molar-refractivity contribution < 1.29 is 18.0 Å². The van der Waals surface area contributed by atoms with Crippen molar-refractivity contribution >= 4 is 59.4 Å². The maximum Gasteiger partial charge on any atom is 0.264 e. The Morgan fingerprint density at radius 2 is 1.58 bits per heavy atom. The van der Waals surface area contributed by atoms with Crippen molar-refractivity contribution in [2.75, 3.05) is 17.4 Å². The molecule has 3 rings (SSSR count). The van der Waals surface area contributed by atoms with Crippen LogP contribution in [-0.2, 0) is 26.2 Å². The van der Waals surface area contributed by atoms with Crippen molar-refractivity contribution in [3.63, 3.8) is 0 Å². The Hall–Kier alpha value is -2.69. The number of anilines is 1. The lowest BCUT2D eigenvalue weighted by Crippen LogP contribution is -2.51. The largest absolute Gasteiger partial charge is 0.354 e. The van der Waals surface area contributed by atoms with Crippen molar-refractivity contribution in [1.29, 1.82) is 0 Å². The lowest BCUT2D eigenvalue weighted by Gasteiger charge is -2.32. The summed E-state index contributed by atoms with van der Waals surface area (Å²) in [4.78, 5) is 28.4. The predicted octanol–water partition coefficient (Wildman–Crippen LogP) is 5.74. The first kappa shape index (κ1) is 29.9. The van der Waals surface area contributed by atoms with Crippen molar-refractivity contribution in [3.05, 3.63) is 93.4 Å². The van der Waals surface area contributed by atoms with Gasteiger partial charge in [0.25, 0.3) is 10.0 Å². The van der Waals surface area contributed by atoms with Gasteiger partial charge in [-0.05, 0) is 61.4 Å². The van der Waals surface area contributed by atoms with E-state index < -0.39 is 28.5 Å². The molecule has 0 saturated carbocycles. The minimum atomic E-state index is -4.09. The maximum absolute atomic E-state index is 13.9. The normalized spacial score (nSPS) is 12.0. The third kappa shape index (κ3) is 7.91. The van der Waals surface area contributed by atoms with Crippen molar-refractivity contribution in [1.82, 2.24) is 10.2 Å². The monoisotopic (exact) mass is 663 g/mol. The molecule has 0 radical (unpaired) electrons. The third-order valence-corrected chi connectivity index (χ3v) is 8.72. The summed E-state index contributed by atoms with van der Waals surface area (Å²) in [6.45, 7) is 3.85. The molecule has 0 bridgehead atoms. The molecule has 38 heavy (non-hydrogen) atoms. The number of nitrogens with zero attached hydrogens (tertiary/aromatic N) is 2. The van der Waals surface area contributed by atoms with Gasteiger partial charge in [-0.2, -0.15) is 0 Å². The van der Waals surface area contributed by atoms with E-state index in [1.807, 2.05) is 31.2 Å². The lowest BCUT2D eigenvalue weighted by molar-refractivity contribution is -0.139. The Balaban J connectivity index is 1.99. The molecule has 0 aliphatic heterocycles. The Morgan fingerprint density at radius 3 is 2.21 bits per heavy atom. The Kier molecular flexibility index (Phi) is 10.9. The summed E-state index contributed by atoms with van der Waals surface area (Å²) in [5.41, 5.74) is 1.14. The summed E-state index contributed by atoms with van der Waals surface area (Å²) in [6.07, 6.45) is 1.75. The average molecular weight is 665 g/mol. The molecule has 3 aromatic carbocycles. The molecule has 0 heterocycles. The molecule has 1 atom stereocenters. The molecule has 2 amide bonds. The molecule has 0 aliphatic rings. The zero-order valence-electron chi connectivity index (χ0n) is 21.3. The number of rotatable bonds is 12. The van der Waals surface area contributed by atoms with E-state index in [4.69, 9.17) is 0 Å². The van der Waals surface area contributed by atoms with Crippen LogP contribution in [0.2, 0.25) is 0 Å². The molecule has 3 aromatic rings. The van der Waals surface area contributed by atoms with Crippen LogP contribution in [0.15, 0.2) is 92.7 Å². The molecule has 1 N–H and O–H groups in total. The first-order valence-electron chi connectivity index (χ1n) is 12.3. The highest BCUT2D eigenvalue weighted by Crippen LogP contribution is 2.27. The van der Waals surface area contributed by atoms with Gasteiger partial charge < -0.3 is 10.2 Å². The summed E-state index contributed by atoms with van der Waals surface area (Å²) < 4.78 is 30.1. The summed E-state index contributed by atoms with van der Waals surface area (Å²) in [6, 6.07) is 21.4. The number of amides is 2. The number of carbonyl (C=O) groups is 2. The van der Waals surface area contributed by atoms with Crippen LogP contribution in [0.5, 0.6) is 0 Å². The minimum absolute atomic E-state index is 0.0664. The second kappa shape index (κ2) is 13.9. The Bertz CT molecular complexity index is 1350. The molecular formula is C28H31Br2N3O4S. The van der Waals surface area contributed by atoms with Crippen molar-refractivity contribution in [2.24, 2.45) is 0 Å². The fourth-order valence-corrected chi connectivity index (χ4v) is 6.09. The van der Waals surface area contributed by atoms with E-state index in [9.17, 15) is 18.0 Å². The second-order valence-electron chi connectivity index (χ2n) is 8.78. The number of carbonyl (C=O) groups excluding carboxylic acids is 2. The molecule has 0 fully saturated rings. The highest BCUT2D eigenvalue weighted by Gasteiger charge is 2.32. The molecule has 10 heteroatoms. The number of nitrogens with one attached hydrogen (secondary N) is 1. The smallest absolute Gasteiger partial charge is 0.264 e. The zero-order valence-corrected chi connectivity index (χ0v) is 25.3. The van der Waals surface area contributed by atoms with Gasteiger partial charge in [-0.1, -0.05) is 81.6 Å². The van der Waals surface area contributed by atoms with E-state index in [-0.39, 0.29) is 17.3 Å². The fraction of sp³-hybridized carbons (Fsp3) is 0.286. The van der Waals surface area contributed by atoms with Crippen molar-refractivity contribution in [3.8, 4) is 0 Å². The van der Waals surface area contributed by atoms with Gasteiger partial charge in [0.2, 0.25) is 11.8 Å². The highest BCUT2D eigenvalue weighted by molar-refractivity contribution is 9.10. The van der Waals surface area contributed by atoms with Crippen LogP contribution in [0.25, 0.3) is 0 Å². The standard InChI is InChI=1S/C28H31Br2N3O4S/c1-3-4-16-31-28(35)21(2)32(19-22-10-8-11-23(29)17-22)27(34)20-33(25-13-9-12-24(30)18-25)38(36,37)26-14-6-5-7-15-26/h5-15,17-18,21H,3-4,16,19-20H2,1-2H3,(H,31,35). The average Bonchev–Trinajstić information content (AvgIpc) is 2.90. The Morgan fingerprint density at radius 1 is 0.921 bits per heavy atom. The SMILES string of the molecule is CCCCNC(=O)C(C)N(Cc1cccc(Br)c1)C(=O)CN(c1cccc(Br)c1)S(=O)(=O)c1ccccc1. The number of unbranched alkanes of at least 4 members (excludes halogenated alkanes) is 1. The molecule has 1 unspecified atom stereocenters. The molecule has 0 spiro atoms. The van der Waals surface area contributed by atoms with Crippen LogP contribution in [0.1, 0.15) is 32.3 Å². The summed E-state index contributed by atoms with van der Waals surface area (Å²) >= 11 is 6.85. The lowest BCUT2D eigenvalue weighted by atomic mass is 10.1. The van der Waals surface area contributed by atoms with Crippen LogP contribution < -0.4 is 9.62 Å². The van der Waals surface area contributed by atoms with Crippen LogP contribution in [0, 0.1) is 0 Å². The molecule has 7 nitrogen and oxygen atoms in total. The first-order chi connectivity index (χ1) is 18.1. The van der Waals surface area contributed by atoms with Crippen LogP contribution in [0.3, 0.4) is 0 Å². The van der Waals surface area contributed by atoms with E-state index in [1.54, 1.807) is 49.4 Å². The molecule has 0 aromatic heterocycles. The summed E-state index contributed by atoms with van der Waals surface area (Å²) in [5, 5.41) is 2.88. The van der Waals surface area contributed by atoms with Gasteiger partial charge in [0, 0.05) is 22.0 Å². The molecule has 0 aliphatic carbocycles. The van der Waals surface area contributed by atoms with Crippen LogP contribution in [-0.4, -0.2) is 44.3 Å². The topological polar surface area (TPSA) is 86.8 Å². The van der Waals surface area contributed by atoms with E-state index in [0.29, 0.717) is 16.7 Å². The Labute approximate surface area is 241 Å². The number of halogens is 2. The van der Waals surface area contributed by atoms with Crippen LogP contribution >= 0.6 is 31.9 Å². The van der Waals surface area contributed by atoms with Crippen LogP contribution in [0.4, 0.5) is 5.69 Å². The van der Waals surface area contributed by atoms with E-state index in [0.717, 1.165) is 27.2 Å². The molecule has 202 valence electrons. The number of hydrogen-bond acceptors (Lipinski definition) is 4. The van der Waals surface area contributed by atoms with Gasteiger partial charge >= 0.3 is 0 Å². The van der Waals surface area contributed by atoms with Gasteiger partial charge in [0.05, 0.1) is 10.6 Å². The third-order valence-electron chi connectivity index (χ3n) is 5.95. The quantitative estimate of drug-likeness (QED) is 0.250. The predicted molar refractivity (Wildman–Crippen MR) is 157 cm³/mol. The van der Waals surface area contributed by atoms with Gasteiger partial charge in [-0.15, -0.1) is 0 Å². The first-order valence-corrected chi connectivity index (χ1v) is 15.3. The fourth-order valence-electron chi connectivity index (χ4n) is 3.83. The molecule has 0 saturated heterocycles. The minimum Gasteiger partial charge on any atom is -0.354 e. The van der Waals surface area contributed by atoms with Gasteiger partial charge in [-0.25, -0.2) is 8.42 Å². The maximum atomic E-state index is 13.9. The van der Waals surface area contributed by atoms with Gasteiger partial charge in [-0.3, -0.25) is 13.9 Å². The van der Waals surface area contributed by atoms with Gasteiger partial charge in [0.1, 0.15) is 12.6 Å². The highest BCUT2D eigenvalue weighted by atomic mass is 79.9. The number of benzene rings is 3. The number of hydrogen-bond donors (Lipinski definition) is 1.